The molecule has 90 valence electrons. The maximum absolute atomic E-state index is 10.8. The highest BCUT2D eigenvalue weighted by atomic mass is 16.5. The minimum absolute atomic E-state index is 0.0855. The fourth-order valence-electron chi connectivity index (χ4n) is 2.28. The highest BCUT2D eigenvalue weighted by Gasteiger charge is 2.21. The number of hydrogen-bond acceptors (Lipinski definition) is 4. The summed E-state index contributed by atoms with van der Waals surface area (Å²) >= 11 is 0. The van der Waals surface area contributed by atoms with Crippen molar-refractivity contribution >= 4 is 5.97 Å². The van der Waals surface area contributed by atoms with Crippen LogP contribution in [0.1, 0.15) is 26.2 Å². The number of esters is 1. The van der Waals surface area contributed by atoms with Gasteiger partial charge in [0.2, 0.25) is 0 Å². The summed E-state index contributed by atoms with van der Waals surface area (Å²) in [4.78, 5) is 13.2. The van der Waals surface area contributed by atoms with E-state index in [1.54, 1.807) is 0 Å². The van der Waals surface area contributed by atoms with Crippen LogP contribution in [0.25, 0.3) is 0 Å². The average molecular weight is 225 g/mol. The lowest BCUT2D eigenvalue weighted by atomic mass is 10.0. The molecule has 0 aromatic rings. The molecule has 16 heavy (non-hydrogen) atoms. The SMILES string of the molecule is CC(=O)OC1CC=C(N2CCOCC2)CC1. The highest BCUT2D eigenvalue weighted by Crippen LogP contribution is 2.24. The van der Waals surface area contributed by atoms with Gasteiger partial charge in [0.05, 0.1) is 13.2 Å². The molecule has 0 N–H and O–H groups in total. The van der Waals surface area contributed by atoms with Crippen LogP contribution >= 0.6 is 0 Å². The molecular formula is C12H19NO3. The number of allylic oxidation sites excluding steroid dienone is 1. The Hall–Kier alpha value is -1.03. The van der Waals surface area contributed by atoms with E-state index in [0.29, 0.717) is 0 Å². The Labute approximate surface area is 96.2 Å². The maximum Gasteiger partial charge on any atom is 0.302 e. The van der Waals surface area contributed by atoms with Crippen LogP contribution in [-0.4, -0.2) is 43.3 Å². The highest BCUT2D eigenvalue weighted by molar-refractivity contribution is 5.66. The van der Waals surface area contributed by atoms with Crippen molar-refractivity contribution in [3.8, 4) is 0 Å². The van der Waals surface area contributed by atoms with Crippen LogP contribution in [0.4, 0.5) is 0 Å². The smallest absolute Gasteiger partial charge is 0.302 e. The molecule has 1 saturated heterocycles. The Morgan fingerprint density at radius 2 is 2.25 bits per heavy atom. The van der Waals surface area contributed by atoms with Gasteiger partial charge in [0.1, 0.15) is 6.10 Å². The molecule has 1 aliphatic heterocycles. The number of carbonyl (C=O) groups excluding carboxylic acids is 1. The van der Waals surface area contributed by atoms with Crippen molar-refractivity contribution in [3.63, 3.8) is 0 Å². The summed E-state index contributed by atoms with van der Waals surface area (Å²) in [6.07, 6.45) is 5.11. The van der Waals surface area contributed by atoms with Crippen LogP contribution in [0.2, 0.25) is 0 Å². The largest absolute Gasteiger partial charge is 0.462 e. The number of hydrogen-bond donors (Lipinski definition) is 0. The molecule has 0 saturated carbocycles. The van der Waals surface area contributed by atoms with Gasteiger partial charge < -0.3 is 14.4 Å². The Bertz CT molecular complexity index is 282. The summed E-state index contributed by atoms with van der Waals surface area (Å²) < 4.78 is 10.5. The summed E-state index contributed by atoms with van der Waals surface area (Å²) in [6, 6.07) is 0. The maximum atomic E-state index is 10.8. The zero-order valence-corrected chi connectivity index (χ0v) is 9.78. The van der Waals surface area contributed by atoms with Crippen LogP contribution in [0.15, 0.2) is 11.8 Å². The zero-order valence-electron chi connectivity index (χ0n) is 9.78. The second-order valence-electron chi connectivity index (χ2n) is 4.30. The van der Waals surface area contributed by atoms with E-state index < -0.39 is 0 Å². The Morgan fingerprint density at radius 1 is 1.50 bits per heavy atom. The summed E-state index contributed by atoms with van der Waals surface area (Å²) in [5.74, 6) is -0.173. The standard InChI is InChI=1S/C12H19NO3/c1-10(14)16-12-4-2-11(3-5-12)13-6-8-15-9-7-13/h2,12H,3-9H2,1H3. The molecule has 1 unspecified atom stereocenters. The van der Waals surface area contributed by atoms with Crippen molar-refractivity contribution < 1.29 is 14.3 Å². The first-order chi connectivity index (χ1) is 7.75. The molecule has 0 spiro atoms. The summed E-state index contributed by atoms with van der Waals surface area (Å²) in [5.41, 5.74) is 1.40. The average Bonchev–Trinajstić information content (AvgIpc) is 2.30. The van der Waals surface area contributed by atoms with Gasteiger partial charge in [-0.25, -0.2) is 0 Å². The van der Waals surface area contributed by atoms with E-state index in [9.17, 15) is 4.79 Å². The second kappa shape index (κ2) is 5.34. The zero-order chi connectivity index (χ0) is 11.4. The van der Waals surface area contributed by atoms with Gasteiger partial charge in [0.25, 0.3) is 0 Å². The Kier molecular flexibility index (Phi) is 3.83. The molecule has 4 nitrogen and oxygen atoms in total. The molecule has 0 radical (unpaired) electrons. The molecule has 0 aromatic heterocycles. The lowest BCUT2D eigenvalue weighted by Gasteiger charge is -2.34. The third-order valence-electron chi connectivity index (χ3n) is 3.09. The molecular weight excluding hydrogens is 206 g/mol. The fourth-order valence-corrected chi connectivity index (χ4v) is 2.28. The lowest BCUT2D eigenvalue weighted by molar-refractivity contribution is -0.146. The summed E-state index contributed by atoms with van der Waals surface area (Å²) in [5, 5.41) is 0. The first kappa shape index (κ1) is 11.5. The minimum atomic E-state index is -0.173. The quantitative estimate of drug-likeness (QED) is 0.664. The monoisotopic (exact) mass is 225 g/mol. The van der Waals surface area contributed by atoms with E-state index in [0.717, 1.165) is 45.6 Å². The number of morpholine rings is 1. The van der Waals surface area contributed by atoms with Gasteiger partial charge in [0.15, 0.2) is 0 Å². The molecule has 1 heterocycles. The van der Waals surface area contributed by atoms with E-state index in [2.05, 4.69) is 11.0 Å². The first-order valence-corrected chi connectivity index (χ1v) is 5.94. The van der Waals surface area contributed by atoms with E-state index in [1.807, 2.05) is 0 Å². The van der Waals surface area contributed by atoms with Crippen molar-refractivity contribution in [1.82, 2.24) is 4.90 Å². The van der Waals surface area contributed by atoms with Crippen molar-refractivity contribution in [3.05, 3.63) is 11.8 Å². The van der Waals surface area contributed by atoms with Crippen molar-refractivity contribution in [1.29, 1.82) is 0 Å². The molecule has 1 atom stereocenters. The Morgan fingerprint density at radius 3 is 2.81 bits per heavy atom. The van der Waals surface area contributed by atoms with Gasteiger partial charge in [-0.15, -0.1) is 0 Å². The predicted molar refractivity (Wildman–Crippen MR) is 59.9 cm³/mol. The van der Waals surface area contributed by atoms with Crippen LogP contribution in [0, 0.1) is 0 Å². The van der Waals surface area contributed by atoms with Crippen molar-refractivity contribution in [2.75, 3.05) is 26.3 Å². The van der Waals surface area contributed by atoms with E-state index >= 15 is 0 Å². The number of carbonyl (C=O) groups is 1. The van der Waals surface area contributed by atoms with Gasteiger partial charge in [-0.3, -0.25) is 4.79 Å². The second-order valence-corrected chi connectivity index (χ2v) is 4.30. The van der Waals surface area contributed by atoms with Crippen LogP contribution < -0.4 is 0 Å². The number of ether oxygens (including phenoxy) is 2. The van der Waals surface area contributed by atoms with E-state index in [-0.39, 0.29) is 12.1 Å². The van der Waals surface area contributed by atoms with Crippen LogP contribution in [-0.2, 0) is 14.3 Å². The number of nitrogens with zero attached hydrogens (tertiary/aromatic N) is 1. The van der Waals surface area contributed by atoms with Gasteiger partial charge in [-0.2, -0.15) is 0 Å². The Balaban J connectivity index is 1.84. The third kappa shape index (κ3) is 2.98. The molecule has 2 rings (SSSR count). The minimum Gasteiger partial charge on any atom is -0.462 e. The normalized spacial score (nSPS) is 26.2. The molecule has 1 fully saturated rings. The van der Waals surface area contributed by atoms with Gasteiger partial charge in [0, 0.05) is 32.1 Å². The van der Waals surface area contributed by atoms with Gasteiger partial charge >= 0.3 is 5.97 Å². The topological polar surface area (TPSA) is 38.8 Å². The van der Waals surface area contributed by atoms with Crippen molar-refractivity contribution in [2.45, 2.75) is 32.3 Å². The lowest BCUT2D eigenvalue weighted by Crippen LogP contribution is -2.37. The molecule has 1 aliphatic carbocycles. The fraction of sp³-hybridized carbons (Fsp3) is 0.750. The first-order valence-electron chi connectivity index (χ1n) is 5.94. The van der Waals surface area contributed by atoms with Crippen LogP contribution in [0.5, 0.6) is 0 Å². The third-order valence-corrected chi connectivity index (χ3v) is 3.09. The van der Waals surface area contributed by atoms with E-state index in [1.165, 1.54) is 12.6 Å². The van der Waals surface area contributed by atoms with Gasteiger partial charge in [-0.1, -0.05) is 6.08 Å². The molecule has 4 heteroatoms. The molecule has 0 amide bonds. The van der Waals surface area contributed by atoms with Gasteiger partial charge in [-0.05, 0) is 12.8 Å². The summed E-state index contributed by atoms with van der Waals surface area (Å²) in [7, 11) is 0. The van der Waals surface area contributed by atoms with Crippen LogP contribution in [0.3, 0.4) is 0 Å². The van der Waals surface area contributed by atoms with Crippen molar-refractivity contribution in [2.24, 2.45) is 0 Å². The summed E-state index contributed by atoms with van der Waals surface area (Å²) in [6.45, 7) is 5.10. The molecule has 0 bridgehead atoms. The molecule has 0 aromatic carbocycles. The van der Waals surface area contributed by atoms with E-state index in [4.69, 9.17) is 9.47 Å². The molecule has 2 aliphatic rings. The predicted octanol–water partition coefficient (Wildman–Crippen LogP) is 1.32. The number of rotatable bonds is 2.